The van der Waals surface area contributed by atoms with Crippen LogP contribution in [-0.2, 0) is 13.1 Å². The lowest BCUT2D eigenvalue weighted by atomic mass is 10.1. The van der Waals surface area contributed by atoms with Crippen molar-refractivity contribution in [1.29, 1.82) is 5.41 Å². The molecule has 0 saturated carbocycles. The van der Waals surface area contributed by atoms with Crippen LogP contribution in [-0.4, -0.2) is 24.9 Å². The van der Waals surface area contributed by atoms with Crippen LogP contribution in [0.25, 0.3) is 0 Å². The first-order chi connectivity index (χ1) is 9.99. The van der Waals surface area contributed by atoms with E-state index in [0.29, 0.717) is 12.1 Å². The number of hydrogen-bond donors (Lipinski definition) is 2. The van der Waals surface area contributed by atoms with Crippen molar-refractivity contribution in [2.45, 2.75) is 13.1 Å². The summed E-state index contributed by atoms with van der Waals surface area (Å²) in [6.45, 7) is 1.52. The van der Waals surface area contributed by atoms with E-state index in [1.807, 2.05) is 31.3 Å². The van der Waals surface area contributed by atoms with Crippen LogP contribution in [0.1, 0.15) is 16.0 Å². The highest BCUT2D eigenvalue weighted by atomic mass is 35.5. The van der Waals surface area contributed by atoms with Gasteiger partial charge in [0.1, 0.15) is 11.6 Å². The summed E-state index contributed by atoms with van der Waals surface area (Å²) in [6.07, 6.45) is 0. The van der Waals surface area contributed by atoms with E-state index in [4.69, 9.17) is 27.5 Å². The first-order valence-corrected chi connectivity index (χ1v) is 7.63. The highest BCUT2D eigenvalue weighted by Gasteiger charge is 2.10. The van der Waals surface area contributed by atoms with Crippen molar-refractivity contribution in [2.24, 2.45) is 5.73 Å². The minimum Gasteiger partial charge on any atom is -0.496 e. The summed E-state index contributed by atoms with van der Waals surface area (Å²) < 4.78 is 6.18. The fourth-order valence-electron chi connectivity index (χ4n) is 2.12. The lowest BCUT2D eigenvalue weighted by Crippen LogP contribution is -2.18. The second-order valence-electron chi connectivity index (χ2n) is 4.82. The Morgan fingerprint density at radius 2 is 2.10 bits per heavy atom. The van der Waals surface area contributed by atoms with Crippen molar-refractivity contribution in [2.75, 3.05) is 14.2 Å². The molecule has 0 unspecified atom stereocenters. The molecule has 1 aromatic heterocycles. The smallest absolute Gasteiger partial charge is 0.123 e. The molecule has 4 nitrogen and oxygen atoms in total. The van der Waals surface area contributed by atoms with Crippen LogP contribution in [0.4, 0.5) is 0 Å². The number of nitrogen functional groups attached to an aromatic ring is 1. The van der Waals surface area contributed by atoms with Crippen LogP contribution in [0.3, 0.4) is 0 Å². The van der Waals surface area contributed by atoms with E-state index in [1.165, 1.54) is 4.88 Å². The summed E-state index contributed by atoms with van der Waals surface area (Å²) in [4.78, 5) is 3.38. The largest absolute Gasteiger partial charge is 0.496 e. The zero-order valence-corrected chi connectivity index (χ0v) is 13.6. The van der Waals surface area contributed by atoms with E-state index in [9.17, 15) is 0 Å². The number of hydrogen-bond acceptors (Lipinski definition) is 4. The number of nitrogens with one attached hydrogen (secondary N) is 1. The van der Waals surface area contributed by atoms with Crippen molar-refractivity contribution in [3.8, 4) is 5.75 Å². The number of methoxy groups -OCH3 is 1. The van der Waals surface area contributed by atoms with Gasteiger partial charge in [-0.25, -0.2) is 0 Å². The molecule has 6 heteroatoms. The molecule has 112 valence electrons. The Labute approximate surface area is 133 Å². The molecular formula is C15H18ClN3OS. The average Bonchev–Trinajstić information content (AvgIpc) is 2.83. The van der Waals surface area contributed by atoms with E-state index < -0.39 is 0 Å². The quantitative estimate of drug-likeness (QED) is 0.633. The molecule has 21 heavy (non-hydrogen) atoms. The summed E-state index contributed by atoms with van der Waals surface area (Å²) in [5.74, 6) is 0.864. The third-order valence-electron chi connectivity index (χ3n) is 3.09. The van der Waals surface area contributed by atoms with Crippen LogP contribution in [0.2, 0.25) is 4.34 Å². The maximum absolute atomic E-state index is 7.53. The first-order valence-electron chi connectivity index (χ1n) is 6.43. The Morgan fingerprint density at radius 3 is 2.67 bits per heavy atom. The molecule has 0 saturated heterocycles. The summed E-state index contributed by atoms with van der Waals surface area (Å²) in [5, 5.41) is 7.53. The van der Waals surface area contributed by atoms with Crippen LogP contribution >= 0.6 is 22.9 Å². The second-order valence-corrected chi connectivity index (χ2v) is 6.62. The van der Waals surface area contributed by atoms with Gasteiger partial charge in [-0.05, 0) is 37.4 Å². The summed E-state index contributed by atoms with van der Waals surface area (Å²) in [5.41, 5.74) is 7.26. The van der Waals surface area contributed by atoms with Crippen LogP contribution in [0.5, 0.6) is 5.75 Å². The Hall–Kier alpha value is -1.56. The first kappa shape index (κ1) is 15.8. The molecular weight excluding hydrogens is 306 g/mol. The molecule has 0 aliphatic rings. The third-order valence-corrected chi connectivity index (χ3v) is 4.30. The molecule has 0 bridgehead atoms. The number of rotatable bonds is 6. The molecule has 0 aliphatic heterocycles. The number of halogens is 1. The fourth-order valence-corrected chi connectivity index (χ4v) is 3.29. The predicted molar refractivity (Wildman–Crippen MR) is 88.5 cm³/mol. The summed E-state index contributed by atoms with van der Waals surface area (Å²) in [7, 11) is 3.68. The molecule has 0 aliphatic carbocycles. The molecule has 0 spiro atoms. The molecule has 2 rings (SSSR count). The molecule has 0 amide bonds. The van der Waals surface area contributed by atoms with Gasteiger partial charge < -0.3 is 10.5 Å². The monoisotopic (exact) mass is 323 g/mol. The van der Waals surface area contributed by atoms with Gasteiger partial charge in [0.15, 0.2) is 0 Å². The summed E-state index contributed by atoms with van der Waals surface area (Å²) >= 11 is 7.53. The lowest BCUT2D eigenvalue weighted by molar-refractivity contribution is 0.312. The standard InChI is InChI=1S/C15H18ClN3OS/c1-19(9-12-4-6-14(16)21-12)8-11-7-10(15(17)18)3-5-13(11)20-2/h3-7H,8-9H2,1-2H3,(H3,17,18). The normalized spacial score (nSPS) is 10.9. The van der Waals surface area contributed by atoms with E-state index in [-0.39, 0.29) is 5.84 Å². The lowest BCUT2D eigenvalue weighted by Gasteiger charge is -2.18. The Balaban J connectivity index is 2.13. The van der Waals surface area contributed by atoms with Crippen molar-refractivity contribution >= 4 is 28.8 Å². The molecule has 0 radical (unpaired) electrons. The van der Waals surface area contributed by atoms with E-state index in [0.717, 1.165) is 22.2 Å². The van der Waals surface area contributed by atoms with Gasteiger partial charge in [0.25, 0.3) is 0 Å². The second kappa shape index (κ2) is 6.93. The number of benzene rings is 1. The zero-order valence-electron chi connectivity index (χ0n) is 12.0. The Bertz CT molecular complexity index is 642. The van der Waals surface area contributed by atoms with E-state index >= 15 is 0 Å². The van der Waals surface area contributed by atoms with Crippen LogP contribution in [0.15, 0.2) is 30.3 Å². The number of ether oxygens (including phenoxy) is 1. The van der Waals surface area contributed by atoms with Gasteiger partial charge in [-0.1, -0.05) is 11.6 Å². The molecule has 2 aromatic rings. The van der Waals surface area contributed by atoms with Gasteiger partial charge in [0.05, 0.1) is 11.4 Å². The van der Waals surface area contributed by atoms with Gasteiger partial charge in [-0.15, -0.1) is 11.3 Å². The number of nitrogens with two attached hydrogens (primary N) is 1. The maximum Gasteiger partial charge on any atom is 0.123 e. The zero-order chi connectivity index (χ0) is 15.4. The Morgan fingerprint density at radius 1 is 1.33 bits per heavy atom. The highest BCUT2D eigenvalue weighted by molar-refractivity contribution is 7.16. The van der Waals surface area contributed by atoms with E-state index in [2.05, 4.69) is 4.90 Å². The predicted octanol–water partition coefficient (Wildman–Crippen LogP) is 3.33. The summed E-state index contributed by atoms with van der Waals surface area (Å²) in [6, 6.07) is 9.49. The minimum absolute atomic E-state index is 0.0617. The number of nitrogens with zero attached hydrogens (tertiary/aromatic N) is 1. The van der Waals surface area contributed by atoms with E-state index in [1.54, 1.807) is 24.5 Å². The molecule has 0 atom stereocenters. The van der Waals surface area contributed by atoms with Gasteiger partial charge in [-0.3, -0.25) is 10.3 Å². The number of amidine groups is 1. The fraction of sp³-hybridized carbons (Fsp3) is 0.267. The van der Waals surface area contributed by atoms with Gasteiger partial charge in [0.2, 0.25) is 0 Å². The van der Waals surface area contributed by atoms with Gasteiger partial charge in [-0.2, -0.15) is 0 Å². The average molecular weight is 324 g/mol. The van der Waals surface area contributed by atoms with Crippen LogP contribution in [0, 0.1) is 5.41 Å². The van der Waals surface area contributed by atoms with Crippen molar-refractivity contribution in [3.05, 3.63) is 50.7 Å². The number of thiophene rings is 1. The maximum atomic E-state index is 7.53. The van der Waals surface area contributed by atoms with Gasteiger partial charge in [0, 0.05) is 29.1 Å². The highest BCUT2D eigenvalue weighted by Crippen LogP contribution is 2.25. The SMILES string of the molecule is COc1ccc(C(=N)N)cc1CN(C)Cc1ccc(Cl)s1. The van der Waals surface area contributed by atoms with Gasteiger partial charge >= 0.3 is 0 Å². The Kier molecular flexibility index (Phi) is 5.22. The van der Waals surface area contributed by atoms with Crippen molar-refractivity contribution in [1.82, 2.24) is 4.90 Å². The van der Waals surface area contributed by atoms with Crippen LogP contribution < -0.4 is 10.5 Å². The minimum atomic E-state index is 0.0617. The van der Waals surface area contributed by atoms with Crippen molar-refractivity contribution in [3.63, 3.8) is 0 Å². The topological polar surface area (TPSA) is 62.3 Å². The van der Waals surface area contributed by atoms with Crippen molar-refractivity contribution < 1.29 is 4.74 Å². The molecule has 1 aromatic carbocycles. The molecule has 3 N–H and O–H groups in total. The molecule has 1 heterocycles. The molecule has 0 fully saturated rings. The third kappa shape index (κ3) is 4.20.